The molecule has 0 atom stereocenters. The second-order valence-corrected chi connectivity index (χ2v) is 4.56. The first kappa shape index (κ1) is 12.5. The Morgan fingerprint density at radius 1 is 1.10 bits per heavy atom. The topological polar surface area (TPSA) is 30.2 Å². The lowest BCUT2D eigenvalue weighted by Crippen LogP contribution is -2.03. The number of para-hydroxylation sites is 1. The molecule has 0 bridgehead atoms. The van der Waals surface area contributed by atoms with Crippen molar-refractivity contribution in [2.75, 3.05) is 0 Å². The van der Waals surface area contributed by atoms with Crippen molar-refractivity contribution in [2.24, 2.45) is 0 Å². The highest BCUT2D eigenvalue weighted by Crippen LogP contribution is 2.25. The molecule has 3 rings (SSSR count). The van der Waals surface area contributed by atoms with Crippen LogP contribution < -0.4 is 0 Å². The number of halogens is 2. The quantitative estimate of drug-likeness (QED) is 0.653. The number of hydrogen-bond acceptors (Lipinski definition) is 2. The van der Waals surface area contributed by atoms with Crippen LogP contribution in [0, 0.1) is 18.6 Å². The maximum absolute atomic E-state index is 13.6. The van der Waals surface area contributed by atoms with Crippen molar-refractivity contribution in [1.29, 1.82) is 0 Å². The monoisotopic (exact) mass is 272 g/mol. The molecule has 1 heterocycles. The van der Waals surface area contributed by atoms with E-state index in [-0.39, 0.29) is 11.3 Å². The number of ketones is 1. The summed E-state index contributed by atoms with van der Waals surface area (Å²) in [5.41, 5.74) is 1.28. The van der Waals surface area contributed by atoms with Crippen LogP contribution in [0.2, 0.25) is 0 Å². The first-order valence-electron chi connectivity index (χ1n) is 6.05. The zero-order valence-electron chi connectivity index (χ0n) is 10.6. The Kier molecular flexibility index (Phi) is 2.86. The van der Waals surface area contributed by atoms with Crippen molar-refractivity contribution < 1.29 is 18.0 Å². The predicted molar refractivity (Wildman–Crippen MR) is 70.7 cm³/mol. The standard InChI is InChI=1S/C16H10F2O2/c1-9-3-2-4-10-7-14(20-16(9)10)15(19)12-6-5-11(17)8-13(12)18/h2-8H,1H3. The van der Waals surface area contributed by atoms with Gasteiger partial charge in [0.25, 0.3) is 0 Å². The van der Waals surface area contributed by atoms with E-state index in [0.29, 0.717) is 11.6 Å². The molecule has 0 aliphatic heterocycles. The van der Waals surface area contributed by atoms with Crippen molar-refractivity contribution in [3.63, 3.8) is 0 Å². The van der Waals surface area contributed by atoms with Crippen molar-refractivity contribution in [3.8, 4) is 0 Å². The Morgan fingerprint density at radius 3 is 2.60 bits per heavy atom. The molecular weight excluding hydrogens is 262 g/mol. The van der Waals surface area contributed by atoms with E-state index in [4.69, 9.17) is 4.42 Å². The lowest BCUT2D eigenvalue weighted by Gasteiger charge is -1.99. The zero-order valence-corrected chi connectivity index (χ0v) is 10.6. The van der Waals surface area contributed by atoms with E-state index < -0.39 is 17.4 Å². The molecule has 0 radical (unpaired) electrons. The predicted octanol–water partition coefficient (Wildman–Crippen LogP) is 4.25. The van der Waals surface area contributed by atoms with E-state index in [9.17, 15) is 13.6 Å². The van der Waals surface area contributed by atoms with E-state index in [1.165, 1.54) is 0 Å². The molecule has 0 unspecified atom stereocenters. The average molecular weight is 272 g/mol. The highest BCUT2D eigenvalue weighted by atomic mass is 19.1. The fourth-order valence-electron chi connectivity index (χ4n) is 2.13. The third kappa shape index (κ3) is 1.99. The molecule has 2 aromatic carbocycles. The maximum Gasteiger partial charge on any atom is 0.231 e. The van der Waals surface area contributed by atoms with Gasteiger partial charge in [-0.1, -0.05) is 18.2 Å². The molecular formula is C16H10F2O2. The second kappa shape index (κ2) is 4.56. The summed E-state index contributed by atoms with van der Waals surface area (Å²) < 4.78 is 32.0. The molecule has 0 amide bonds. The molecule has 0 saturated carbocycles. The molecule has 0 fully saturated rings. The average Bonchev–Trinajstić information content (AvgIpc) is 2.83. The second-order valence-electron chi connectivity index (χ2n) is 4.56. The van der Waals surface area contributed by atoms with Gasteiger partial charge in [-0.05, 0) is 30.7 Å². The molecule has 0 saturated heterocycles. The maximum atomic E-state index is 13.6. The van der Waals surface area contributed by atoms with Gasteiger partial charge in [0.2, 0.25) is 5.78 Å². The molecule has 0 spiro atoms. The Balaban J connectivity index is 2.10. The van der Waals surface area contributed by atoms with Crippen LogP contribution in [0.4, 0.5) is 8.78 Å². The Hall–Kier alpha value is -2.49. The van der Waals surface area contributed by atoms with Gasteiger partial charge in [-0.3, -0.25) is 4.79 Å². The van der Waals surface area contributed by atoms with Gasteiger partial charge in [0.15, 0.2) is 5.76 Å². The van der Waals surface area contributed by atoms with Crippen LogP contribution >= 0.6 is 0 Å². The van der Waals surface area contributed by atoms with E-state index in [1.54, 1.807) is 6.07 Å². The van der Waals surface area contributed by atoms with Gasteiger partial charge in [-0.25, -0.2) is 8.78 Å². The van der Waals surface area contributed by atoms with Crippen LogP contribution in [-0.4, -0.2) is 5.78 Å². The molecule has 4 heteroatoms. The smallest absolute Gasteiger partial charge is 0.231 e. The third-order valence-corrected chi connectivity index (χ3v) is 3.14. The lowest BCUT2D eigenvalue weighted by atomic mass is 10.1. The number of rotatable bonds is 2. The fraction of sp³-hybridized carbons (Fsp3) is 0.0625. The van der Waals surface area contributed by atoms with Crippen molar-refractivity contribution in [3.05, 3.63) is 71.0 Å². The molecule has 0 aliphatic rings. The summed E-state index contributed by atoms with van der Waals surface area (Å²) in [6.45, 7) is 1.86. The lowest BCUT2D eigenvalue weighted by molar-refractivity contribution is 0.101. The van der Waals surface area contributed by atoms with Crippen molar-refractivity contribution in [1.82, 2.24) is 0 Å². The summed E-state index contributed by atoms with van der Waals surface area (Å²) in [7, 11) is 0. The number of carbonyl (C=O) groups is 1. The third-order valence-electron chi connectivity index (χ3n) is 3.14. The van der Waals surface area contributed by atoms with E-state index >= 15 is 0 Å². The molecule has 100 valence electrons. The molecule has 0 aliphatic carbocycles. The highest BCUT2D eigenvalue weighted by molar-refractivity contribution is 6.09. The van der Waals surface area contributed by atoms with Gasteiger partial charge in [0, 0.05) is 11.5 Å². The summed E-state index contributed by atoms with van der Waals surface area (Å²) in [4.78, 5) is 12.2. The van der Waals surface area contributed by atoms with Crippen molar-refractivity contribution >= 4 is 16.8 Å². The van der Waals surface area contributed by atoms with E-state index in [0.717, 1.165) is 23.1 Å². The number of hydrogen-bond donors (Lipinski definition) is 0. The van der Waals surface area contributed by atoms with Gasteiger partial charge >= 0.3 is 0 Å². The zero-order chi connectivity index (χ0) is 14.3. The summed E-state index contributed by atoms with van der Waals surface area (Å²) in [5.74, 6) is -2.18. The summed E-state index contributed by atoms with van der Waals surface area (Å²) in [6, 6.07) is 9.92. The van der Waals surface area contributed by atoms with Crippen LogP contribution in [0.25, 0.3) is 11.0 Å². The Bertz CT molecular complexity index is 818. The Labute approximate surface area is 113 Å². The van der Waals surface area contributed by atoms with Crippen LogP contribution in [0.1, 0.15) is 21.7 Å². The first-order chi connectivity index (χ1) is 9.56. The Morgan fingerprint density at radius 2 is 1.90 bits per heavy atom. The molecule has 20 heavy (non-hydrogen) atoms. The van der Waals surface area contributed by atoms with Gasteiger partial charge < -0.3 is 4.42 Å². The molecule has 0 N–H and O–H groups in total. The van der Waals surface area contributed by atoms with E-state index in [2.05, 4.69) is 0 Å². The SMILES string of the molecule is Cc1cccc2cc(C(=O)c3ccc(F)cc3F)oc12. The number of fused-ring (bicyclic) bond motifs is 1. The summed E-state index contributed by atoms with van der Waals surface area (Å²) in [5, 5.41) is 0.774. The number of furan rings is 1. The highest BCUT2D eigenvalue weighted by Gasteiger charge is 2.19. The number of carbonyl (C=O) groups excluding carboxylic acids is 1. The van der Waals surface area contributed by atoms with Crippen LogP contribution in [0.3, 0.4) is 0 Å². The summed E-state index contributed by atoms with van der Waals surface area (Å²) >= 11 is 0. The van der Waals surface area contributed by atoms with Crippen molar-refractivity contribution in [2.45, 2.75) is 6.92 Å². The van der Waals surface area contributed by atoms with Gasteiger partial charge in [0.1, 0.15) is 17.2 Å². The molecule has 2 nitrogen and oxygen atoms in total. The van der Waals surface area contributed by atoms with Crippen LogP contribution in [0.5, 0.6) is 0 Å². The normalized spacial score (nSPS) is 10.9. The van der Waals surface area contributed by atoms with Crippen LogP contribution in [-0.2, 0) is 0 Å². The van der Waals surface area contributed by atoms with Gasteiger partial charge in [-0.2, -0.15) is 0 Å². The minimum atomic E-state index is -0.896. The summed E-state index contributed by atoms with van der Waals surface area (Å²) in [6.07, 6.45) is 0. The molecule has 3 aromatic rings. The minimum Gasteiger partial charge on any atom is -0.452 e. The molecule has 1 aromatic heterocycles. The van der Waals surface area contributed by atoms with Gasteiger partial charge in [-0.15, -0.1) is 0 Å². The first-order valence-corrected chi connectivity index (χ1v) is 6.05. The number of benzene rings is 2. The largest absolute Gasteiger partial charge is 0.452 e. The van der Waals surface area contributed by atoms with Crippen LogP contribution in [0.15, 0.2) is 46.9 Å². The fourth-order valence-corrected chi connectivity index (χ4v) is 2.13. The minimum absolute atomic E-state index is 0.0415. The van der Waals surface area contributed by atoms with Gasteiger partial charge in [0.05, 0.1) is 5.56 Å². The van der Waals surface area contributed by atoms with E-state index in [1.807, 2.05) is 25.1 Å². The number of aryl methyl sites for hydroxylation is 1.